The molecule has 6 aromatic carbocycles. The van der Waals surface area contributed by atoms with Gasteiger partial charge in [0.25, 0.3) is 0 Å². The van der Waals surface area contributed by atoms with Crippen molar-refractivity contribution >= 4 is 28.0 Å². The minimum absolute atomic E-state index is 0.268. The zero-order valence-electron chi connectivity index (χ0n) is 27.3. The number of pyridine rings is 1. The third-order valence-electron chi connectivity index (χ3n) is 10.6. The second-order valence-corrected chi connectivity index (χ2v) is 14.0. The van der Waals surface area contributed by atoms with Gasteiger partial charge in [-0.15, -0.1) is 0 Å². The van der Waals surface area contributed by atoms with Crippen molar-refractivity contribution in [3.63, 3.8) is 0 Å². The molecule has 0 N–H and O–H groups in total. The number of benzene rings is 6. The molecule has 2 aliphatic carbocycles. The Morgan fingerprint density at radius 1 is 0.447 bits per heavy atom. The summed E-state index contributed by atoms with van der Waals surface area (Å²) in [6.45, 7) is 9.67. The Hall–Kier alpha value is -5.47. The van der Waals surface area contributed by atoms with Crippen LogP contribution < -0.4 is 4.90 Å². The maximum atomic E-state index is 5.04. The molecule has 0 radical (unpaired) electrons. The molecular weight excluding hydrogens is 569 g/mol. The van der Waals surface area contributed by atoms with Gasteiger partial charge in [-0.1, -0.05) is 137 Å². The molecular formula is C45H36N2. The predicted octanol–water partition coefficient (Wildman–Crippen LogP) is 12.0. The fourth-order valence-corrected chi connectivity index (χ4v) is 8.61. The maximum Gasteiger partial charge on any atom is 0.0780 e. The molecule has 226 valence electrons. The molecule has 0 bridgehead atoms. The van der Waals surface area contributed by atoms with E-state index in [0.717, 1.165) is 22.3 Å². The molecule has 0 amide bonds. The summed E-state index contributed by atoms with van der Waals surface area (Å²) in [7, 11) is 0. The smallest absolute Gasteiger partial charge is 0.0780 e. The van der Waals surface area contributed by atoms with Crippen LogP contribution in [0.25, 0.3) is 44.3 Å². The number of aromatic nitrogens is 1. The molecule has 47 heavy (non-hydrogen) atoms. The summed E-state index contributed by atoms with van der Waals surface area (Å²) in [6.07, 6.45) is 1.93. The van der Waals surface area contributed by atoms with E-state index >= 15 is 0 Å². The monoisotopic (exact) mass is 604 g/mol. The van der Waals surface area contributed by atoms with Crippen LogP contribution in [0.2, 0.25) is 0 Å². The highest BCUT2D eigenvalue weighted by Gasteiger charge is 2.49. The molecule has 0 saturated heterocycles. The molecule has 7 aromatic rings. The fraction of sp³-hybridized carbons (Fsp3) is 0.133. The van der Waals surface area contributed by atoms with E-state index in [1.807, 2.05) is 12.3 Å². The quantitative estimate of drug-likeness (QED) is 0.199. The first-order chi connectivity index (χ1) is 22.9. The molecule has 0 spiro atoms. The highest BCUT2D eigenvalue weighted by Crippen LogP contribution is 2.66. The lowest BCUT2D eigenvalue weighted by atomic mass is 9.73. The molecule has 0 aliphatic heterocycles. The van der Waals surface area contributed by atoms with Crippen molar-refractivity contribution in [3.8, 4) is 33.4 Å². The Morgan fingerprint density at radius 3 is 1.47 bits per heavy atom. The molecule has 2 nitrogen and oxygen atoms in total. The first-order valence-corrected chi connectivity index (χ1v) is 16.6. The van der Waals surface area contributed by atoms with Gasteiger partial charge in [-0.05, 0) is 74.8 Å². The SMILES string of the molecule is CC1(C)c2ccccc2-c2c(-c3cccc4cccnc34)c3c(c(N(c4ccccc4)c4ccccc4)c21)C(C)(C)c1ccccc1-3. The van der Waals surface area contributed by atoms with Gasteiger partial charge in [0, 0.05) is 44.9 Å². The van der Waals surface area contributed by atoms with E-state index < -0.39 is 0 Å². The van der Waals surface area contributed by atoms with Crippen molar-refractivity contribution in [1.29, 1.82) is 0 Å². The minimum atomic E-state index is -0.268. The maximum absolute atomic E-state index is 5.04. The standard InChI is InChI=1S/C45H36N2/c1-44(2)35-26-13-11-23-32(35)38-37(34-25-15-17-29-18-16-28-46-42(29)34)39-33-24-12-14-27-36(33)45(3,4)41(39)43(40(38)44)47(30-19-7-5-8-20-30)31-21-9-6-10-22-31/h5-28H,1-4H3. The van der Waals surface area contributed by atoms with Crippen LogP contribution >= 0.6 is 0 Å². The van der Waals surface area contributed by atoms with Crippen LogP contribution in [-0.2, 0) is 10.8 Å². The topological polar surface area (TPSA) is 16.1 Å². The molecule has 0 unspecified atom stereocenters. The Kier molecular flexibility index (Phi) is 5.92. The van der Waals surface area contributed by atoms with Crippen molar-refractivity contribution in [2.45, 2.75) is 38.5 Å². The van der Waals surface area contributed by atoms with Crippen molar-refractivity contribution in [2.24, 2.45) is 0 Å². The normalized spacial score (nSPS) is 14.7. The zero-order valence-corrected chi connectivity index (χ0v) is 27.3. The van der Waals surface area contributed by atoms with Gasteiger partial charge < -0.3 is 4.90 Å². The first-order valence-electron chi connectivity index (χ1n) is 16.6. The third kappa shape index (κ3) is 3.82. The lowest BCUT2D eigenvalue weighted by Crippen LogP contribution is -2.26. The van der Waals surface area contributed by atoms with Gasteiger partial charge in [-0.3, -0.25) is 4.98 Å². The summed E-state index contributed by atoms with van der Waals surface area (Å²) in [4.78, 5) is 7.57. The average Bonchev–Trinajstić information content (AvgIpc) is 3.49. The Morgan fingerprint density at radius 2 is 0.915 bits per heavy atom. The van der Waals surface area contributed by atoms with E-state index in [2.05, 4.69) is 166 Å². The second-order valence-electron chi connectivity index (χ2n) is 14.0. The highest BCUT2D eigenvalue weighted by molar-refractivity contribution is 6.13. The van der Waals surface area contributed by atoms with E-state index in [0.29, 0.717) is 0 Å². The second kappa shape index (κ2) is 10.0. The summed E-state index contributed by atoms with van der Waals surface area (Å²) >= 11 is 0. The Balaban J connectivity index is 1.56. The lowest BCUT2D eigenvalue weighted by molar-refractivity contribution is 0.640. The van der Waals surface area contributed by atoms with Crippen LogP contribution in [0.5, 0.6) is 0 Å². The molecule has 1 aromatic heterocycles. The van der Waals surface area contributed by atoms with E-state index in [-0.39, 0.29) is 10.8 Å². The van der Waals surface area contributed by atoms with Gasteiger partial charge >= 0.3 is 0 Å². The van der Waals surface area contributed by atoms with Gasteiger partial charge in [0.15, 0.2) is 0 Å². The molecule has 2 heteroatoms. The number of rotatable bonds is 4. The van der Waals surface area contributed by atoms with Crippen LogP contribution in [0.15, 0.2) is 146 Å². The lowest BCUT2D eigenvalue weighted by Gasteiger charge is -2.38. The van der Waals surface area contributed by atoms with Crippen molar-refractivity contribution in [1.82, 2.24) is 4.98 Å². The van der Waals surface area contributed by atoms with Gasteiger partial charge in [0.2, 0.25) is 0 Å². The number of anilines is 3. The van der Waals surface area contributed by atoms with Crippen molar-refractivity contribution in [3.05, 3.63) is 168 Å². The van der Waals surface area contributed by atoms with E-state index in [1.165, 1.54) is 61.3 Å². The highest BCUT2D eigenvalue weighted by atomic mass is 15.2. The van der Waals surface area contributed by atoms with Crippen LogP contribution in [0, 0.1) is 0 Å². The Labute approximate surface area is 277 Å². The van der Waals surface area contributed by atoms with Crippen molar-refractivity contribution < 1.29 is 0 Å². The largest absolute Gasteiger partial charge is 0.310 e. The number of hydrogen-bond acceptors (Lipinski definition) is 2. The fourth-order valence-electron chi connectivity index (χ4n) is 8.61. The predicted molar refractivity (Wildman–Crippen MR) is 197 cm³/mol. The number of hydrogen-bond donors (Lipinski definition) is 0. The van der Waals surface area contributed by atoms with Crippen molar-refractivity contribution in [2.75, 3.05) is 4.90 Å². The van der Waals surface area contributed by atoms with Gasteiger partial charge in [0.05, 0.1) is 11.2 Å². The van der Waals surface area contributed by atoms with E-state index in [4.69, 9.17) is 4.98 Å². The minimum Gasteiger partial charge on any atom is -0.310 e. The van der Waals surface area contributed by atoms with Crippen LogP contribution in [-0.4, -0.2) is 4.98 Å². The number of fused-ring (bicyclic) bond motifs is 7. The summed E-state index contributed by atoms with van der Waals surface area (Å²) in [5.41, 5.74) is 17.3. The molecule has 0 fully saturated rings. The molecule has 2 aliphatic rings. The van der Waals surface area contributed by atoms with Gasteiger partial charge in [0.1, 0.15) is 0 Å². The average molecular weight is 605 g/mol. The van der Waals surface area contributed by atoms with Crippen LogP contribution in [0.3, 0.4) is 0 Å². The van der Waals surface area contributed by atoms with E-state index in [1.54, 1.807) is 0 Å². The molecule has 1 heterocycles. The van der Waals surface area contributed by atoms with Crippen LogP contribution in [0.1, 0.15) is 49.9 Å². The Bertz CT molecular complexity index is 2220. The third-order valence-corrected chi connectivity index (χ3v) is 10.6. The first kappa shape index (κ1) is 27.8. The molecule has 0 saturated carbocycles. The zero-order chi connectivity index (χ0) is 31.9. The summed E-state index contributed by atoms with van der Waals surface area (Å²) in [5, 5.41) is 1.16. The van der Waals surface area contributed by atoms with Gasteiger partial charge in [-0.25, -0.2) is 0 Å². The number of nitrogens with zero attached hydrogens (tertiary/aromatic N) is 2. The summed E-state index contributed by atoms with van der Waals surface area (Å²) in [6, 6.07) is 50.9. The van der Waals surface area contributed by atoms with E-state index in [9.17, 15) is 0 Å². The molecule has 9 rings (SSSR count). The van der Waals surface area contributed by atoms with Gasteiger partial charge in [-0.2, -0.15) is 0 Å². The summed E-state index contributed by atoms with van der Waals surface area (Å²) < 4.78 is 0. The number of para-hydroxylation sites is 3. The molecule has 0 atom stereocenters. The van der Waals surface area contributed by atoms with Crippen LogP contribution in [0.4, 0.5) is 17.1 Å². The summed E-state index contributed by atoms with van der Waals surface area (Å²) in [5.74, 6) is 0.